The maximum atomic E-state index is 12.5. The van der Waals surface area contributed by atoms with E-state index in [-0.39, 0.29) is 18.9 Å². The number of nitrogens with one attached hydrogen (secondary N) is 1. The van der Waals surface area contributed by atoms with Crippen LogP contribution in [-0.2, 0) is 16.0 Å². The summed E-state index contributed by atoms with van der Waals surface area (Å²) in [6.07, 6.45) is 2.44. The van der Waals surface area contributed by atoms with Crippen molar-refractivity contribution in [2.24, 2.45) is 0 Å². The van der Waals surface area contributed by atoms with Crippen LogP contribution in [0.2, 0.25) is 0 Å². The summed E-state index contributed by atoms with van der Waals surface area (Å²) in [5.41, 5.74) is 5.81. The van der Waals surface area contributed by atoms with Crippen molar-refractivity contribution in [2.75, 3.05) is 11.9 Å². The molecule has 0 saturated carbocycles. The molecule has 0 radical (unpaired) electrons. The van der Waals surface area contributed by atoms with Crippen LogP contribution in [0.25, 0.3) is 16.6 Å². The maximum absolute atomic E-state index is 12.5. The van der Waals surface area contributed by atoms with Crippen molar-refractivity contribution in [2.45, 2.75) is 12.3 Å². The highest BCUT2D eigenvalue weighted by Gasteiger charge is 2.29. The minimum absolute atomic E-state index is 0.0302. The van der Waals surface area contributed by atoms with Gasteiger partial charge in [-0.15, -0.1) is 0 Å². The molecule has 2 N–H and O–H groups in total. The number of ether oxygens (including phenoxy) is 1. The number of aliphatic carboxylic acids is 1. The van der Waals surface area contributed by atoms with E-state index in [9.17, 15) is 9.59 Å². The smallest absolute Gasteiger partial charge is 0.412 e. The van der Waals surface area contributed by atoms with E-state index in [1.54, 1.807) is 22.7 Å². The molecule has 0 unspecified atom stereocenters. The highest BCUT2D eigenvalue weighted by atomic mass is 16.5. The Labute approximate surface area is 177 Å². The van der Waals surface area contributed by atoms with E-state index in [4.69, 9.17) is 9.84 Å². The summed E-state index contributed by atoms with van der Waals surface area (Å²) < 4.78 is 7.27. The maximum Gasteiger partial charge on any atom is 0.412 e. The fourth-order valence-electron chi connectivity index (χ4n) is 4.23. The van der Waals surface area contributed by atoms with Gasteiger partial charge < -0.3 is 14.2 Å². The summed E-state index contributed by atoms with van der Waals surface area (Å²) in [7, 11) is 0. The van der Waals surface area contributed by atoms with Gasteiger partial charge >= 0.3 is 12.1 Å². The lowest BCUT2D eigenvalue weighted by molar-refractivity contribution is -0.136. The van der Waals surface area contributed by atoms with Gasteiger partial charge in [-0.05, 0) is 34.4 Å². The Bertz CT molecular complexity index is 1270. The molecule has 0 aliphatic heterocycles. The van der Waals surface area contributed by atoms with Crippen LogP contribution < -0.4 is 5.32 Å². The molecule has 5 rings (SSSR count). The Hall–Kier alpha value is -4.13. The number of carbonyl (C=O) groups is 2. The molecule has 0 spiro atoms. The largest absolute Gasteiger partial charge is 0.481 e. The van der Waals surface area contributed by atoms with Crippen molar-refractivity contribution >= 4 is 23.4 Å². The predicted molar refractivity (Wildman–Crippen MR) is 115 cm³/mol. The summed E-state index contributed by atoms with van der Waals surface area (Å²) in [6, 6.07) is 19.7. The first-order chi connectivity index (χ1) is 15.1. The van der Waals surface area contributed by atoms with Crippen LogP contribution in [0.4, 0.5) is 10.6 Å². The molecular formula is C24H19N3O4. The second kappa shape index (κ2) is 7.60. The summed E-state index contributed by atoms with van der Waals surface area (Å²) in [5, 5.41) is 11.7. The summed E-state index contributed by atoms with van der Waals surface area (Å²) in [4.78, 5) is 27.8. The minimum atomic E-state index is -0.928. The first-order valence-electron chi connectivity index (χ1n) is 9.90. The number of nitrogens with zero attached hydrogens (tertiary/aromatic N) is 2. The molecule has 1 amide bonds. The number of carboxylic acid groups (broad SMARTS) is 1. The normalized spacial score (nSPS) is 12.4. The average molecular weight is 413 g/mol. The summed E-state index contributed by atoms with van der Waals surface area (Å²) in [5.74, 6) is -0.642. The monoisotopic (exact) mass is 413 g/mol. The Morgan fingerprint density at radius 3 is 2.35 bits per heavy atom. The van der Waals surface area contributed by atoms with E-state index in [2.05, 4.69) is 34.6 Å². The van der Waals surface area contributed by atoms with Crippen LogP contribution in [-0.4, -0.2) is 33.2 Å². The number of carboxylic acids is 1. The molecule has 31 heavy (non-hydrogen) atoms. The number of benzene rings is 2. The van der Waals surface area contributed by atoms with Gasteiger partial charge in [-0.3, -0.25) is 10.1 Å². The first kappa shape index (κ1) is 18.9. The third kappa shape index (κ3) is 3.40. The second-order valence-corrected chi connectivity index (χ2v) is 7.38. The number of anilines is 1. The number of amides is 1. The zero-order valence-electron chi connectivity index (χ0n) is 16.5. The van der Waals surface area contributed by atoms with E-state index in [1.807, 2.05) is 24.3 Å². The number of aromatic nitrogens is 2. The third-order valence-electron chi connectivity index (χ3n) is 5.56. The van der Waals surface area contributed by atoms with Gasteiger partial charge in [0.25, 0.3) is 0 Å². The molecule has 4 aromatic rings. The van der Waals surface area contributed by atoms with Crippen molar-refractivity contribution in [3.63, 3.8) is 0 Å². The number of rotatable bonds is 5. The molecule has 0 saturated heterocycles. The van der Waals surface area contributed by atoms with Crippen molar-refractivity contribution in [1.29, 1.82) is 0 Å². The second-order valence-electron chi connectivity index (χ2n) is 7.38. The molecule has 1 aliphatic carbocycles. The number of fused-ring (bicyclic) bond motifs is 4. The predicted octanol–water partition coefficient (Wildman–Crippen LogP) is 4.32. The average Bonchev–Trinajstić information content (AvgIpc) is 3.32. The van der Waals surface area contributed by atoms with Crippen LogP contribution in [0.1, 0.15) is 22.7 Å². The van der Waals surface area contributed by atoms with Crippen LogP contribution in [0.15, 0.2) is 73.1 Å². The van der Waals surface area contributed by atoms with Gasteiger partial charge in [0.15, 0.2) is 5.82 Å². The Kier molecular flexibility index (Phi) is 4.63. The third-order valence-corrected chi connectivity index (χ3v) is 5.56. The van der Waals surface area contributed by atoms with E-state index in [0.717, 1.165) is 22.3 Å². The van der Waals surface area contributed by atoms with Gasteiger partial charge in [-0.2, -0.15) is 0 Å². The lowest BCUT2D eigenvalue weighted by Crippen LogP contribution is -2.19. The van der Waals surface area contributed by atoms with Crippen LogP contribution in [0.3, 0.4) is 0 Å². The van der Waals surface area contributed by atoms with Gasteiger partial charge in [0.05, 0.1) is 11.9 Å². The summed E-state index contributed by atoms with van der Waals surface area (Å²) >= 11 is 0. The zero-order chi connectivity index (χ0) is 21.4. The quantitative estimate of drug-likeness (QED) is 0.508. The molecule has 154 valence electrons. The molecule has 2 heterocycles. The lowest BCUT2D eigenvalue weighted by Gasteiger charge is -2.14. The van der Waals surface area contributed by atoms with Crippen molar-refractivity contribution in [3.05, 3.63) is 89.9 Å². The number of carbonyl (C=O) groups excluding carboxylic acids is 1. The zero-order valence-corrected chi connectivity index (χ0v) is 16.5. The van der Waals surface area contributed by atoms with Gasteiger partial charge in [-0.1, -0.05) is 48.5 Å². The molecular weight excluding hydrogens is 394 g/mol. The van der Waals surface area contributed by atoms with E-state index in [1.165, 1.54) is 6.20 Å². The first-order valence-corrected chi connectivity index (χ1v) is 9.90. The lowest BCUT2D eigenvalue weighted by atomic mass is 9.98. The molecule has 2 aromatic heterocycles. The number of hydrogen-bond donors (Lipinski definition) is 2. The van der Waals surface area contributed by atoms with E-state index in [0.29, 0.717) is 17.0 Å². The summed E-state index contributed by atoms with van der Waals surface area (Å²) in [6.45, 7) is 0.203. The van der Waals surface area contributed by atoms with E-state index < -0.39 is 12.1 Å². The number of hydrogen-bond acceptors (Lipinski definition) is 4. The Balaban J connectivity index is 1.33. The SMILES string of the molecule is O=C(O)Cc1ccc2c(NC(=O)OCC3c4ccccc4-c4ccccc43)nccn12. The molecule has 0 atom stereocenters. The van der Waals surface area contributed by atoms with E-state index >= 15 is 0 Å². The van der Waals surface area contributed by atoms with Crippen molar-refractivity contribution < 1.29 is 19.4 Å². The molecule has 1 aliphatic rings. The van der Waals surface area contributed by atoms with Gasteiger partial charge in [-0.25, -0.2) is 9.78 Å². The molecule has 7 nitrogen and oxygen atoms in total. The van der Waals surface area contributed by atoms with Crippen molar-refractivity contribution in [1.82, 2.24) is 9.38 Å². The Morgan fingerprint density at radius 1 is 1.00 bits per heavy atom. The van der Waals surface area contributed by atoms with Crippen LogP contribution in [0.5, 0.6) is 0 Å². The van der Waals surface area contributed by atoms with Crippen LogP contribution >= 0.6 is 0 Å². The van der Waals surface area contributed by atoms with Crippen LogP contribution in [0, 0.1) is 0 Å². The standard InChI is InChI=1S/C24H19N3O4/c28-22(29)13-15-9-10-21-23(25-11-12-27(15)21)26-24(30)31-14-20-18-7-3-1-5-16(18)17-6-2-4-8-19(17)20/h1-12,20H,13-14H2,(H,28,29)(H,25,26,30). The molecule has 2 aromatic carbocycles. The van der Waals surface area contributed by atoms with Crippen molar-refractivity contribution in [3.8, 4) is 11.1 Å². The Morgan fingerprint density at radius 2 is 1.68 bits per heavy atom. The van der Waals surface area contributed by atoms with Gasteiger partial charge in [0.2, 0.25) is 0 Å². The van der Waals surface area contributed by atoms with Gasteiger partial charge in [0, 0.05) is 24.0 Å². The highest BCUT2D eigenvalue weighted by molar-refractivity contribution is 5.89. The minimum Gasteiger partial charge on any atom is -0.481 e. The molecule has 7 heteroatoms. The van der Waals surface area contributed by atoms with Gasteiger partial charge in [0.1, 0.15) is 6.61 Å². The molecule has 0 fully saturated rings. The highest BCUT2D eigenvalue weighted by Crippen LogP contribution is 2.44. The topological polar surface area (TPSA) is 92.9 Å². The fraction of sp³-hybridized carbons (Fsp3) is 0.125. The molecule has 0 bridgehead atoms. The fourth-order valence-corrected chi connectivity index (χ4v) is 4.23.